The minimum atomic E-state index is -1.48. The summed E-state index contributed by atoms with van der Waals surface area (Å²) in [5, 5.41) is 0. The van der Waals surface area contributed by atoms with Crippen LogP contribution in [-0.2, 0) is 9.47 Å². The molecule has 220 valence electrons. The van der Waals surface area contributed by atoms with E-state index in [4.69, 9.17) is 9.47 Å². The van der Waals surface area contributed by atoms with Gasteiger partial charge in [0.25, 0.3) is 6.08 Å². The number of halogens is 2. The van der Waals surface area contributed by atoms with Gasteiger partial charge in [0.1, 0.15) is 0 Å². The van der Waals surface area contributed by atoms with Crippen LogP contribution in [0.15, 0.2) is 12.2 Å². The number of allylic oxidation sites excluding steroid dienone is 1. The van der Waals surface area contributed by atoms with Gasteiger partial charge >= 0.3 is 0 Å². The van der Waals surface area contributed by atoms with Gasteiger partial charge in [-0.15, -0.1) is 0 Å². The largest absolute Gasteiger partial charge is 0.352 e. The van der Waals surface area contributed by atoms with E-state index in [2.05, 4.69) is 6.92 Å². The predicted octanol–water partition coefficient (Wildman–Crippen LogP) is 10.7. The van der Waals surface area contributed by atoms with Crippen molar-refractivity contribution < 1.29 is 18.3 Å². The molecule has 4 heteroatoms. The maximum Gasteiger partial charge on any atom is 0.266 e. The van der Waals surface area contributed by atoms with Crippen LogP contribution in [0.3, 0.4) is 0 Å². The molecule has 0 aromatic carbocycles. The number of ether oxygens (including phenoxy) is 2. The molecule has 3 saturated carbocycles. The minimum absolute atomic E-state index is 0.0627. The van der Waals surface area contributed by atoms with E-state index in [0.29, 0.717) is 5.92 Å². The first kappa shape index (κ1) is 30.5. The Morgan fingerprint density at radius 1 is 0.579 bits per heavy atom. The highest BCUT2D eigenvalue weighted by atomic mass is 19.3. The lowest BCUT2D eigenvalue weighted by Gasteiger charge is -2.41. The van der Waals surface area contributed by atoms with Crippen LogP contribution in [0.5, 0.6) is 0 Å². The summed E-state index contributed by atoms with van der Waals surface area (Å²) in [4.78, 5) is 0. The molecule has 1 aliphatic heterocycles. The monoisotopic (exact) mass is 536 g/mol. The molecule has 4 aliphatic rings. The highest BCUT2D eigenvalue weighted by molar-refractivity contribution is 4.91. The molecule has 4 rings (SSSR count). The third-order valence-corrected chi connectivity index (χ3v) is 11.1. The third kappa shape index (κ3) is 10.2. The maximum absolute atomic E-state index is 12.5. The van der Waals surface area contributed by atoms with E-state index in [1.165, 1.54) is 109 Å². The quantitative estimate of drug-likeness (QED) is 0.218. The molecule has 4 fully saturated rings. The fourth-order valence-electron chi connectivity index (χ4n) is 8.46. The number of hydrogen-bond acceptors (Lipinski definition) is 2. The van der Waals surface area contributed by atoms with Crippen LogP contribution in [0.4, 0.5) is 8.78 Å². The Morgan fingerprint density at radius 3 is 1.58 bits per heavy atom. The molecular weight excluding hydrogens is 478 g/mol. The Kier molecular flexibility index (Phi) is 13.4. The van der Waals surface area contributed by atoms with Crippen molar-refractivity contribution in [1.82, 2.24) is 0 Å². The molecule has 0 atom stereocenters. The van der Waals surface area contributed by atoms with Crippen molar-refractivity contribution >= 4 is 0 Å². The summed E-state index contributed by atoms with van der Waals surface area (Å²) in [5.41, 5.74) is 0. The Morgan fingerprint density at radius 2 is 1.05 bits per heavy atom. The van der Waals surface area contributed by atoms with Gasteiger partial charge in [0.05, 0.1) is 13.2 Å². The van der Waals surface area contributed by atoms with E-state index >= 15 is 0 Å². The van der Waals surface area contributed by atoms with Crippen molar-refractivity contribution in [3.05, 3.63) is 12.2 Å². The van der Waals surface area contributed by atoms with Gasteiger partial charge in [-0.3, -0.25) is 0 Å². The Balaban J connectivity index is 1.02. The highest BCUT2D eigenvalue weighted by Gasteiger charge is 2.35. The summed E-state index contributed by atoms with van der Waals surface area (Å²) in [7, 11) is 0. The van der Waals surface area contributed by atoms with Crippen molar-refractivity contribution in [3.63, 3.8) is 0 Å². The smallest absolute Gasteiger partial charge is 0.266 e. The van der Waals surface area contributed by atoms with Crippen LogP contribution in [0.25, 0.3) is 0 Å². The van der Waals surface area contributed by atoms with Gasteiger partial charge in [0.2, 0.25) is 0 Å². The van der Waals surface area contributed by atoms with Crippen LogP contribution in [0.1, 0.15) is 142 Å². The minimum Gasteiger partial charge on any atom is -0.352 e. The average Bonchev–Trinajstić information content (AvgIpc) is 2.95. The molecule has 3 aliphatic carbocycles. The first-order valence-electron chi connectivity index (χ1n) is 16.9. The van der Waals surface area contributed by atoms with E-state index in [-0.39, 0.29) is 12.2 Å². The van der Waals surface area contributed by atoms with Crippen LogP contribution < -0.4 is 0 Å². The van der Waals surface area contributed by atoms with Gasteiger partial charge < -0.3 is 9.47 Å². The van der Waals surface area contributed by atoms with Gasteiger partial charge in [0.15, 0.2) is 6.29 Å². The fraction of sp³-hybridized carbons (Fsp3) is 0.941. The predicted molar refractivity (Wildman–Crippen MR) is 153 cm³/mol. The molecule has 0 aromatic rings. The van der Waals surface area contributed by atoms with Gasteiger partial charge in [-0.2, -0.15) is 8.78 Å². The van der Waals surface area contributed by atoms with Gasteiger partial charge in [-0.05, 0) is 119 Å². The first-order chi connectivity index (χ1) is 18.6. The summed E-state index contributed by atoms with van der Waals surface area (Å²) >= 11 is 0. The Hall–Kier alpha value is -0.480. The lowest BCUT2D eigenvalue weighted by molar-refractivity contribution is -0.213. The van der Waals surface area contributed by atoms with Gasteiger partial charge in [0, 0.05) is 5.92 Å². The normalized spacial score (nSPS) is 36.6. The number of hydrogen-bond donors (Lipinski definition) is 0. The van der Waals surface area contributed by atoms with Crippen LogP contribution in [0, 0.1) is 41.4 Å². The van der Waals surface area contributed by atoms with Crippen LogP contribution in [-0.4, -0.2) is 19.5 Å². The maximum atomic E-state index is 12.5. The van der Waals surface area contributed by atoms with E-state index < -0.39 is 6.08 Å². The summed E-state index contributed by atoms with van der Waals surface area (Å²) in [5.74, 6) is 5.29. The zero-order valence-corrected chi connectivity index (χ0v) is 24.5. The molecule has 0 N–H and O–H groups in total. The highest BCUT2D eigenvalue weighted by Crippen LogP contribution is 2.44. The van der Waals surface area contributed by atoms with E-state index in [0.717, 1.165) is 74.9 Å². The first-order valence-corrected chi connectivity index (χ1v) is 16.9. The second kappa shape index (κ2) is 16.7. The molecule has 1 heterocycles. The zero-order valence-electron chi connectivity index (χ0n) is 24.5. The van der Waals surface area contributed by atoms with E-state index in [9.17, 15) is 8.78 Å². The van der Waals surface area contributed by atoms with Gasteiger partial charge in [-0.25, -0.2) is 0 Å². The Bertz CT molecular complexity index is 645. The van der Waals surface area contributed by atoms with Crippen molar-refractivity contribution in [2.24, 2.45) is 41.4 Å². The van der Waals surface area contributed by atoms with E-state index in [1.807, 2.05) is 0 Å². The molecule has 1 saturated heterocycles. The summed E-state index contributed by atoms with van der Waals surface area (Å²) in [6, 6.07) is 0. The van der Waals surface area contributed by atoms with E-state index in [1.54, 1.807) is 0 Å². The lowest BCUT2D eigenvalue weighted by atomic mass is 9.67. The molecule has 0 bridgehead atoms. The molecule has 0 radical (unpaired) electrons. The molecule has 2 nitrogen and oxygen atoms in total. The third-order valence-electron chi connectivity index (χ3n) is 11.1. The second-order valence-corrected chi connectivity index (χ2v) is 13.7. The van der Waals surface area contributed by atoms with Crippen molar-refractivity contribution in [2.75, 3.05) is 13.2 Å². The lowest BCUT2D eigenvalue weighted by Crippen LogP contribution is -2.38. The fourth-order valence-corrected chi connectivity index (χ4v) is 8.46. The molecule has 0 unspecified atom stereocenters. The molecule has 38 heavy (non-hydrogen) atoms. The standard InChI is InChI=1S/C34H58F2O2/c1-2-3-4-5-10-34-37-24-32(25-38-34)31-21-19-30(20-22-31)29-17-15-27(16-18-29)9-7-6-8-26-11-13-28(14-12-26)23-33(35)36/h23,26-32,34H,2-22,24-25H2,1H3. The summed E-state index contributed by atoms with van der Waals surface area (Å²) in [6.07, 6.45) is 27.3. The SMILES string of the molecule is CCCCCCC1OCC(C2CCC(C3CCC(CCCCC4CCC(C=C(F)F)CC4)CC3)CC2)CO1. The summed E-state index contributed by atoms with van der Waals surface area (Å²) < 4.78 is 37.2. The zero-order chi connectivity index (χ0) is 26.6. The van der Waals surface area contributed by atoms with Crippen molar-refractivity contribution in [1.29, 1.82) is 0 Å². The Labute approximate surface area is 233 Å². The van der Waals surface area contributed by atoms with Crippen LogP contribution >= 0.6 is 0 Å². The molecule has 0 aromatic heterocycles. The molecule has 0 spiro atoms. The number of unbranched alkanes of at least 4 members (excludes halogenated alkanes) is 4. The van der Waals surface area contributed by atoms with Crippen molar-refractivity contribution in [3.8, 4) is 0 Å². The van der Waals surface area contributed by atoms with Crippen molar-refractivity contribution in [2.45, 2.75) is 148 Å². The number of rotatable bonds is 13. The summed E-state index contributed by atoms with van der Waals surface area (Å²) in [6.45, 7) is 4.12. The average molecular weight is 537 g/mol. The molecular formula is C34H58F2O2. The molecule has 0 amide bonds. The second-order valence-electron chi connectivity index (χ2n) is 13.7. The topological polar surface area (TPSA) is 18.5 Å². The van der Waals surface area contributed by atoms with Gasteiger partial charge in [-0.1, -0.05) is 64.7 Å². The van der Waals surface area contributed by atoms with Crippen LogP contribution in [0.2, 0.25) is 0 Å².